The van der Waals surface area contributed by atoms with Crippen molar-refractivity contribution in [2.24, 2.45) is 0 Å². The maximum Gasteiger partial charge on any atom is 0.358 e. The Hall–Kier alpha value is -2.37. The lowest BCUT2D eigenvalue weighted by molar-refractivity contribution is 0.0594. The molecule has 0 amide bonds. The first kappa shape index (κ1) is 10.2. The van der Waals surface area contributed by atoms with Crippen LogP contribution in [0.4, 0.5) is 5.69 Å². The number of nitrogen functional groups attached to an aromatic ring is 1. The largest absolute Gasteiger partial charge is 0.464 e. The molecule has 0 bridgehead atoms. The minimum Gasteiger partial charge on any atom is -0.464 e. The van der Waals surface area contributed by atoms with Crippen LogP contribution in [0, 0.1) is 0 Å². The molecule has 0 unspecified atom stereocenters. The Morgan fingerprint density at radius 3 is 2.88 bits per heavy atom. The van der Waals surface area contributed by atoms with Crippen LogP contribution in [0.15, 0.2) is 30.9 Å². The van der Waals surface area contributed by atoms with Crippen LogP contribution in [0.3, 0.4) is 0 Å². The number of esters is 1. The first-order valence-electron chi connectivity index (χ1n) is 4.55. The normalized spacial score (nSPS) is 10.1. The quantitative estimate of drug-likeness (QED) is 0.748. The van der Waals surface area contributed by atoms with E-state index in [1.165, 1.54) is 19.6 Å². The second kappa shape index (κ2) is 4.01. The highest BCUT2D eigenvalue weighted by molar-refractivity contribution is 5.86. The van der Waals surface area contributed by atoms with Gasteiger partial charge < -0.3 is 10.5 Å². The zero-order valence-electron chi connectivity index (χ0n) is 8.62. The number of carbonyl (C=O) groups excluding carboxylic acids is 1. The number of methoxy groups -OCH3 is 1. The molecule has 0 radical (unpaired) electrons. The molecule has 2 aromatic rings. The van der Waals surface area contributed by atoms with E-state index < -0.39 is 5.97 Å². The minimum absolute atomic E-state index is 0.237. The summed E-state index contributed by atoms with van der Waals surface area (Å²) in [7, 11) is 1.31. The molecule has 0 aliphatic carbocycles. The zero-order valence-corrected chi connectivity index (χ0v) is 8.62. The molecule has 0 aliphatic heterocycles. The van der Waals surface area contributed by atoms with E-state index >= 15 is 0 Å². The first-order valence-corrected chi connectivity index (χ1v) is 4.55. The Kier molecular flexibility index (Phi) is 2.55. The van der Waals surface area contributed by atoms with Crippen molar-refractivity contribution in [2.45, 2.75) is 0 Å². The Morgan fingerprint density at radius 2 is 2.25 bits per heavy atom. The molecule has 82 valence electrons. The molecule has 0 atom stereocenters. The Balaban J connectivity index is 2.31. The van der Waals surface area contributed by atoms with E-state index in [0.29, 0.717) is 11.5 Å². The molecule has 0 spiro atoms. The number of carbonyl (C=O) groups is 1. The van der Waals surface area contributed by atoms with E-state index in [2.05, 4.69) is 14.7 Å². The molecule has 16 heavy (non-hydrogen) atoms. The number of nitrogens with zero attached hydrogens (tertiary/aromatic N) is 3. The summed E-state index contributed by atoms with van der Waals surface area (Å²) in [5.41, 5.74) is 6.34. The van der Waals surface area contributed by atoms with Gasteiger partial charge in [-0.15, -0.1) is 0 Å². The van der Waals surface area contributed by atoms with Gasteiger partial charge in [-0.2, -0.15) is 0 Å². The van der Waals surface area contributed by atoms with Crippen molar-refractivity contribution in [1.29, 1.82) is 0 Å². The van der Waals surface area contributed by atoms with Gasteiger partial charge in [0.15, 0.2) is 5.69 Å². The minimum atomic E-state index is -0.478. The van der Waals surface area contributed by atoms with Gasteiger partial charge in [0.1, 0.15) is 12.1 Å². The standard InChI is InChI=1S/C10H10N4O2/c1-16-10(15)8-5-14(6-13-8)9-3-2-7(11)4-12-9/h2-6H,11H2,1H3. The molecule has 0 aromatic carbocycles. The van der Waals surface area contributed by atoms with Crippen LogP contribution in [0.5, 0.6) is 0 Å². The summed E-state index contributed by atoms with van der Waals surface area (Å²) in [4.78, 5) is 19.2. The molecule has 2 rings (SSSR count). The smallest absolute Gasteiger partial charge is 0.358 e. The highest BCUT2D eigenvalue weighted by Crippen LogP contribution is 2.08. The number of imidazole rings is 1. The Labute approximate surface area is 91.7 Å². The van der Waals surface area contributed by atoms with Gasteiger partial charge in [-0.3, -0.25) is 4.57 Å². The van der Waals surface area contributed by atoms with Crippen molar-refractivity contribution in [3.8, 4) is 5.82 Å². The Bertz CT molecular complexity index is 504. The summed E-state index contributed by atoms with van der Waals surface area (Å²) < 4.78 is 6.17. The summed E-state index contributed by atoms with van der Waals surface area (Å²) in [6, 6.07) is 3.46. The van der Waals surface area contributed by atoms with Crippen molar-refractivity contribution in [2.75, 3.05) is 12.8 Å². The van der Waals surface area contributed by atoms with Crippen molar-refractivity contribution in [3.05, 3.63) is 36.5 Å². The van der Waals surface area contributed by atoms with E-state index in [-0.39, 0.29) is 5.69 Å². The SMILES string of the molecule is COC(=O)c1cn(-c2ccc(N)cn2)cn1. The van der Waals surface area contributed by atoms with Gasteiger partial charge in [0.05, 0.1) is 19.0 Å². The second-order valence-corrected chi connectivity index (χ2v) is 3.11. The average molecular weight is 218 g/mol. The molecular formula is C10H10N4O2. The highest BCUT2D eigenvalue weighted by atomic mass is 16.5. The first-order chi connectivity index (χ1) is 7.70. The van der Waals surface area contributed by atoms with Crippen molar-refractivity contribution >= 4 is 11.7 Å². The van der Waals surface area contributed by atoms with Crippen LogP contribution >= 0.6 is 0 Å². The molecular weight excluding hydrogens is 208 g/mol. The predicted molar refractivity (Wildman–Crippen MR) is 57.1 cm³/mol. The Morgan fingerprint density at radius 1 is 1.44 bits per heavy atom. The highest BCUT2D eigenvalue weighted by Gasteiger charge is 2.09. The third-order valence-electron chi connectivity index (χ3n) is 2.01. The second-order valence-electron chi connectivity index (χ2n) is 3.11. The van der Waals surface area contributed by atoms with E-state index in [9.17, 15) is 4.79 Å². The maximum atomic E-state index is 11.2. The average Bonchev–Trinajstić information content (AvgIpc) is 2.78. The lowest BCUT2D eigenvalue weighted by Gasteiger charge is -1.99. The molecule has 6 nitrogen and oxygen atoms in total. The van der Waals surface area contributed by atoms with Gasteiger partial charge in [0.2, 0.25) is 0 Å². The fraction of sp³-hybridized carbons (Fsp3) is 0.100. The lowest BCUT2D eigenvalue weighted by Crippen LogP contribution is -2.01. The monoisotopic (exact) mass is 218 g/mol. The summed E-state index contributed by atoms with van der Waals surface area (Å²) in [5, 5.41) is 0. The fourth-order valence-corrected chi connectivity index (χ4v) is 1.21. The summed E-state index contributed by atoms with van der Waals surface area (Å²) >= 11 is 0. The number of rotatable bonds is 2. The third-order valence-corrected chi connectivity index (χ3v) is 2.01. The summed E-state index contributed by atoms with van der Waals surface area (Å²) in [5.74, 6) is 0.158. The van der Waals surface area contributed by atoms with Gasteiger partial charge >= 0.3 is 5.97 Å². The number of ether oxygens (including phenoxy) is 1. The molecule has 0 aliphatic rings. The van der Waals surface area contributed by atoms with Crippen LogP contribution in [-0.4, -0.2) is 27.6 Å². The van der Waals surface area contributed by atoms with Gasteiger partial charge in [-0.25, -0.2) is 14.8 Å². The number of aromatic nitrogens is 3. The van der Waals surface area contributed by atoms with Gasteiger partial charge in [0, 0.05) is 6.20 Å². The third kappa shape index (κ3) is 1.85. The van der Waals surface area contributed by atoms with E-state index in [4.69, 9.17) is 5.73 Å². The van der Waals surface area contributed by atoms with Crippen molar-refractivity contribution in [1.82, 2.24) is 14.5 Å². The molecule has 0 saturated carbocycles. The molecule has 0 saturated heterocycles. The van der Waals surface area contributed by atoms with Gasteiger partial charge in [0.25, 0.3) is 0 Å². The summed E-state index contributed by atoms with van der Waals surface area (Å²) in [6.45, 7) is 0. The molecule has 2 heterocycles. The molecule has 0 fully saturated rings. The van der Waals surface area contributed by atoms with E-state index in [1.54, 1.807) is 22.9 Å². The van der Waals surface area contributed by atoms with Crippen LogP contribution in [-0.2, 0) is 4.74 Å². The number of nitrogens with two attached hydrogens (primary N) is 1. The topological polar surface area (TPSA) is 83.0 Å². The zero-order chi connectivity index (χ0) is 11.5. The number of anilines is 1. The van der Waals surface area contributed by atoms with E-state index in [0.717, 1.165) is 0 Å². The molecule has 2 N–H and O–H groups in total. The van der Waals surface area contributed by atoms with Gasteiger partial charge in [-0.1, -0.05) is 0 Å². The molecule has 2 aromatic heterocycles. The van der Waals surface area contributed by atoms with Crippen molar-refractivity contribution in [3.63, 3.8) is 0 Å². The number of hydrogen-bond acceptors (Lipinski definition) is 5. The maximum absolute atomic E-state index is 11.2. The summed E-state index contributed by atoms with van der Waals surface area (Å²) in [6.07, 6.45) is 4.57. The van der Waals surface area contributed by atoms with Crippen LogP contribution in [0.2, 0.25) is 0 Å². The van der Waals surface area contributed by atoms with Gasteiger partial charge in [-0.05, 0) is 12.1 Å². The number of pyridine rings is 1. The van der Waals surface area contributed by atoms with Crippen LogP contribution in [0.1, 0.15) is 10.5 Å². The fourth-order valence-electron chi connectivity index (χ4n) is 1.21. The van der Waals surface area contributed by atoms with E-state index in [1.807, 2.05) is 0 Å². The van der Waals surface area contributed by atoms with Crippen LogP contribution < -0.4 is 5.73 Å². The van der Waals surface area contributed by atoms with Crippen molar-refractivity contribution < 1.29 is 9.53 Å². The number of hydrogen-bond donors (Lipinski definition) is 1. The lowest BCUT2D eigenvalue weighted by atomic mass is 10.4. The van der Waals surface area contributed by atoms with Crippen LogP contribution in [0.25, 0.3) is 5.82 Å². The predicted octanol–water partition coefficient (Wildman–Crippen LogP) is 0.636. The molecule has 6 heteroatoms.